The predicted molar refractivity (Wildman–Crippen MR) is 107 cm³/mol. The summed E-state index contributed by atoms with van der Waals surface area (Å²) in [5, 5.41) is 9.28. The van der Waals surface area contributed by atoms with E-state index in [-0.39, 0.29) is 17.0 Å². The molecular weight excluding hydrogens is 396 g/mol. The summed E-state index contributed by atoms with van der Waals surface area (Å²) in [5.74, 6) is -6.56. The maximum absolute atomic E-state index is 15.1. The highest BCUT2D eigenvalue weighted by atomic mass is 19.2. The Morgan fingerprint density at radius 1 is 1.03 bits per heavy atom. The number of aromatic carboxylic acids is 1. The summed E-state index contributed by atoms with van der Waals surface area (Å²) in [5.41, 5.74) is -0.434. The summed E-state index contributed by atoms with van der Waals surface area (Å²) in [6.45, 7) is 1.98. The molecule has 0 aromatic heterocycles. The molecule has 0 saturated heterocycles. The molecule has 1 N–H and O–H groups in total. The number of hydrogen-bond acceptors (Lipinski definition) is 1. The zero-order chi connectivity index (χ0) is 21.8. The first kappa shape index (κ1) is 22.1. The van der Waals surface area contributed by atoms with E-state index in [2.05, 4.69) is 6.08 Å². The van der Waals surface area contributed by atoms with Crippen LogP contribution in [0.15, 0.2) is 36.4 Å². The van der Waals surface area contributed by atoms with E-state index < -0.39 is 34.8 Å². The Morgan fingerprint density at radius 2 is 1.67 bits per heavy atom. The number of halogens is 4. The molecule has 3 rings (SSSR count). The minimum Gasteiger partial charge on any atom is -0.478 e. The van der Waals surface area contributed by atoms with E-state index in [9.17, 15) is 23.1 Å². The summed E-state index contributed by atoms with van der Waals surface area (Å²) in [7, 11) is 0. The number of carbonyl (C=O) groups is 1. The highest BCUT2D eigenvalue weighted by molar-refractivity contribution is 5.90. The van der Waals surface area contributed by atoms with Crippen LogP contribution in [0, 0.1) is 29.2 Å². The third-order valence-corrected chi connectivity index (χ3v) is 5.94. The molecule has 30 heavy (non-hydrogen) atoms. The van der Waals surface area contributed by atoms with Crippen LogP contribution in [-0.4, -0.2) is 11.1 Å². The number of allylic oxidation sites excluding steroid dienone is 2. The van der Waals surface area contributed by atoms with Crippen molar-refractivity contribution in [3.63, 3.8) is 0 Å². The maximum Gasteiger partial charge on any atom is 0.338 e. The maximum atomic E-state index is 15.1. The van der Waals surface area contributed by atoms with Gasteiger partial charge in [0.05, 0.1) is 5.56 Å². The van der Waals surface area contributed by atoms with E-state index >= 15 is 4.39 Å². The van der Waals surface area contributed by atoms with E-state index in [1.807, 2.05) is 13.0 Å². The van der Waals surface area contributed by atoms with Crippen LogP contribution in [0.2, 0.25) is 0 Å². The Bertz CT molecular complexity index is 937. The van der Waals surface area contributed by atoms with E-state index in [1.54, 1.807) is 0 Å². The molecule has 1 aliphatic carbocycles. The van der Waals surface area contributed by atoms with Gasteiger partial charge in [-0.1, -0.05) is 18.2 Å². The second-order valence-electron chi connectivity index (χ2n) is 7.81. The first-order chi connectivity index (χ1) is 14.3. The van der Waals surface area contributed by atoms with Gasteiger partial charge in [-0.15, -0.1) is 0 Å². The zero-order valence-electron chi connectivity index (χ0n) is 16.7. The standard InChI is InChI=1S/C24H24F4O2/c1-2-3-4-5-14-6-8-15(9-7-14)17-10-11-18(24(29)30)22(27)21(17)16-12-19(25)23(28)20(26)13-16/h2-3,10-15H,4-9H2,1H3,(H,29,30)/b3-2+. The number of hydrogen-bond donors (Lipinski definition) is 1. The molecule has 2 nitrogen and oxygen atoms in total. The van der Waals surface area contributed by atoms with Crippen LogP contribution in [0.25, 0.3) is 11.1 Å². The topological polar surface area (TPSA) is 37.3 Å². The summed E-state index contributed by atoms with van der Waals surface area (Å²) in [4.78, 5) is 11.4. The Kier molecular flexibility index (Phi) is 6.95. The highest BCUT2D eigenvalue weighted by Gasteiger charge is 2.28. The van der Waals surface area contributed by atoms with Crippen molar-refractivity contribution in [1.82, 2.24) is 0 Å². The molecule has 0 unspecified atom stereocenters. The lowest BCUT2D eigenvalue weighted by atomic mass is 9.75. The fraction of sp³-hybridized carbons (Fsp3) is 0.375. The van der Waals surface area contributed by atoms with Crippen molar-refractivity contribution in [2.45, 2.75) is 51.4 Å². The summed E-state index contributed by atoms with van der Waals surface area (Å²) < 4.78 is 56.2. The smallest absolute Gasteiger partial charge is 0.338 e. The van der Waals surface area contributed by atoms with Crippen molar-refractivity contribution in [1.29, 1.82) is 0 Å². The number of rotatable bonds is 6. The van der Waals surface area contributed by atoms with Gasteiger partial charge in [-0.3, -0.25) is 0 Å². The van der Waals surface area contributed by atoms with Gasteiger partial charge < -0.3 is 5.11 Å². The monoisotopic (exact) mass is 420 g/mol. The van der Waals surface area contributed by atoms with Crippen LogP contribution < -0.4 is 0 Å². The molecule has 2 aromatic carbocycles. The third kappa shape index (κ3) is 4.58. The van der Waals surface area contributed by atoms with Gasteiger partial charge in [0, 0.05) is 5.56 Å². The number of carboxylic acids is 1. The third-order valence-electron chi connectivity index (χ3n) is 5.94. The molecule has 0 heterocycles. The van der Waals surface area contributed by atoms with Gasteiger partial charge in [0.25, 0.3) is 0 Å². The van der Waals surface area contributed by atoms with Crippen molar-refractivity contribution in [3.05, 3.63) is 70.8 Å². The lowest BCUT2D eigenvalue weighted by molar-refractivity contribution is 0.0692. The first-order valence-electron chi connectivity index (χ1n) is 10.1. The van der Waals surface area contributed by atoms with Crippen LogP contribution >= 0.6 is 0 Å². The van der Waals surface area contributed by atoms with Gasteiger partial charge in [0.2, 0.25) is 0 Å². The Morgan fingerprint density at radius 3 is 2.23 bits per heavy atom. The van der Waals surface area contributed by atoms with Crippen molar-refractivity contribution >= 4 is 5.97 Å². The van der Waals surface area contributed by atoms with Crippen LogP contribution in [-0.2, 0) is 0 Å². The Balaban J connectivity index is 1.98. The second-order valence-corrected chi connectivity index (χ2v) is 7.81. The fourth-order valence-corrected chi connectivity index (χ4v) is 4.35. The van der Waals surface area contributed by atoms with Crippen molar-refractivity contribution < 1.29 is 27.5 Å². The minimum atomic E-state index is -1.64. The quantitative estimate of drug-likeness (QED) is 0.304. The highest BCUT2D eigenvalue weighted by Crippen LogP contribution is 2.43. The summed E-state index contributed by atoms with van der Waals surface area (Å²) in [6.07, 6.45) is 9.65. The summed E-state index contributed by atoms with van der Waals surface area (Å²) in [6, 6.07) is 4.14. The van der Waals surface area contributed by atoms with Crippen LogP contribution in [0.1, 0.15) is 67.3 Å². The van der Waals surface area contributed by atoms with Crippen molar-refractivity contribution in [3.8, 4) is 11.1 Å². The van der Waals surface area contributed by atoms with Crippen molar-refractivity contribution in [2.24, 2.45) is 5.92 Å². The lowest BCUT2D eigenvalue weighted by Gasteiger charge is -2.30. The second kappa shape index (κ2) is 9.45. The van der Waals surface area contributed by atoms with Gasteiger partial charge in [0.15, 0.2) is 17.5 Å². The molecule has 1 saturated carbocycles. The van der Waals surface area contributed by atoms with E-state index in [0.717, 1.165) is 38.5 Å². The van der Waals surface area contributed by atoms with Crippen molar-refractivity contribution in [2.75, 3.05) is 0 Å². The molecule has 0 aliphatic heterocycles. The molecule has 0 radical (unpaired) electrons. The molecule has 160 valence electrons. The fourth-order valence-electron chi connectivity index (χ4n) is 4.35. The molecule has 1 aliphatic rings. The van der Waals surface area contributed by atoms with E-state index in [0.29, 0.717) is 23.6 Å². The molecular formula is C24H24F4O2. The van der Waals surface area contributed by atoms with Gasteiger partial charge in [0.1, 0.15) is 5.82 Å². The number of benzene rings is 2. The number of carboxylic acid groups (broad SMARTS) is 1. The van der Waals surface area contributed by atoms with Crippen LogP contribution in [0.3, 0.4) is 0 Å². The predicted octanol–water partition coefficient (Wildman–Crippen LogP) is 7.24. The van der Waals surface area contributed by atoms with Gasteiger partial charge in [-0.05, 0) is 86.6 Å². The molecule has 1 fully saturated rings. The van der Waals surface area contributed by atoms with Crippen LogP contribution in [0.4, 0.5) is 17.6 Å². The van der Waals surface area contributed by atoms with Gasteiger partial charge in [-0.25, -0.2) is 22.4 Å². The lowest BCUT2D eigenvalue weighted by Crippen LogP contribution is -2.15. The molecule has 2 aromatic rings. The Hall–Kier alpha value is -2.63. The average molecular weight is 420 g/mol. The minimum absolute atomic E-state index is 0.0634. The normalized spacial score (nSPS) is 19.4. The molecule has 0 amide bonds. The van der Waals surface area contributed by atoms with Crippen LogP contribution in [0.5, 0.6) is 0 Å². The van der Waals surface area contributed by atoms with Gasteiger partial charge >= 0.3 is 5.97 Å². The molecule has 6 heteroatoms. The zero-order valence-corrected chi connectivity index (χ0v) is 16.7. The van der Waals surface area contributed by atoms with E-state index in [4.69, 9.17) is 0 Å². The Labute approximate surface area is 173 Å². The molecule has 0 bridgehead atoms. The molecule has 0 spiro atoms. The largest absolute Gasteiger partial charge is 0.478 e. The SMILES string of the molecule is C/C=C/CCC1CCC(c2ccc(C(=O)O)c(F)c2-c2cc(F)c(F)c(F)c2)CC1. The van der Waals surface area contributed by atoms with E-state index in [1.165, 1.54) is 12.1 Å². The average Bonchev–Trinajstić information content (AvgIpc) is 2.72. The van der Waals surface area contributed by atoms with Gasteiger partial charge in [-0.2, -0.15) is 0 Å². The summed E-state index contributed by atoms with van der Waals surface area (Å²) >= 11 is 0. The molecule has 0 atom stereocenters. The first-order valence-corrected chi connectivity index (χ1v) is 10.1.